The number of carbonyl (C=O) groups is 1. The summed E-state index contributed by atoms with van der Waals surface area (Å²) in [5.74, 6) is 0.173. The van der Waals surface area contributed by atoms with Gasteiger partial charge in [0.25, 0.3) is 5.56 Å². The second-order valence-electron chi connectivity index (χ2n) is 5.01. The number of hydrogen-bond donors (Lipinski definition) is 2. The third-order valence-electron chi connectivity index (χ3n) is 3.69. The molecule has 1 heterocycles. The summed E-state index contributed by atoms with van der Waals surface area (Å²) < 4.78 is 0. The Hall–Kier alpha value is -1.81. The van der Waals surface area contributed by atoms with E-state index in [0.29, 0.717) is 11.6 Å². The molecule has 1 aromatic carbocycles. The molecule has 1 aromatic heterocycles. The number of aromatic amines is 1. The fourth-order valence-electron chi connectivity index (χ4n) is 2.79. The van der Waals surface area contributed by atoms with E-state index in [4.69, 9.17) is 11.6 Å². The van der Waals surface area contributed by atoms with E-state index >= 15 is 0 Å². The maximum atomic E-state index is 12.0. The average molecular weight is 291 g/mol. The number of carbonyl (C=O) groups excluding carboxylic acids is 1. The summed E-state index contributed by atoms with van der Waals surface area (Å²) in [6.45, 7) is 0. The Balaban J connectivity index is 2.02. The first kappa shape index (κ1) is 13.2. The molecule has 1 amide bonds. The van der Waals surface area contributed by atoms with Crippen LogP contribution in [-0.4, -0.2) is 16.8 Å². The molecule has 1 aliphatic carbocycles. The number of amides is 1. The molecule has 0 atom stereocenters. The van der Waals surface area contributed by atoms with Crippen molar-refractivity contribution in [2.24, 2.45) is 0 Å². The number of aromatic nitrogens is 1. The van der Waals surface area contributed by atoms with Crippen LogP contribution in [0, 0.1) is 0 Å². The minimum Gasteiger partial charge on any atom is -0.326 e. The van der Waals surface area contributed by atoms with Crippen molar-refractivity contribution >= 4 is 34.1 Å². The summed E-state index contributed by atoms with van der Waals surface area (Å²) in [6, 6.07) is 5.64. The lowest BCUT2D eigenvalue weighted by molar-refractivity contribution is -0.115. The van der Waals surface area contributed by atoms with Crippen molar-refractivity contribution in [2.45, 2.75) is 25.7 Å². The Morgan fingerprint density at radius 3 is 2.90 bits per heavy atom. The van der Waals surface area contributed by atoms with Gasteiger partial charge in [0, 0.05) is 28.9 Å². The van der Waals surface area contributed by atoms with Gasteiger partial charge in [-0.05, 0) is 37.0 Å². The van der Waals surface area contributed by atoms with Crippen molar-refractivity contribution in [2.75, 3.05) is 11.2 Å². The summed E-state index contributed by atoms with van der Waals surface area (Å²) >= 11 is 5.53. The SMILES string of the molecule is O=C(CCCl)Nc1ccc2c3c(c(=O)[nH]c2c1)CCC3. The van der Waals surface area contributed by atoms with Gasteiger partial charge in [-0.15, -0.1) is 11.6 Å². The van der Waals surface area contributed by atoms with Gasteiger partial charge in [0.05, 0.1) is 5.52 Å². The Kier molecular flexibility index (Phi) is 3.49. The van der Waals surface area contributed by atoms with Crippen LogP contribution < -0.4 is 10.9 Å². The zero-order chi connectivity index (χ0) is 14.1. The third kappa shape index (κ3) is 2.31. The van der Waals surface area contributed by atoms with Gasteiger partial charge in [-0.1, -0.05) is 6.07 Å². The lowest BCUT2D eigenvalue weighted by Gasteiger charge is -2.08. The summed E-state index contributed by atoms with van der Waals surface area (Å²) in [6.07, 6.45) is 3.12. The molecule has 5 heteroatoms. The van der Waals surface area contributed by atoms with Gasteiger partial charge in [-0.3, -0.25) is 9.59 Å². The maximum Gasteiger partial charge on any atom is 0.251 e. The molecule has 4 nitrogen and oxygen atoms in total. The van der Waals surface area contributed by atoms with E-state index in [0.717, 1.165) is 41.3 Å². The van der Waals surface area contributed by atoms with Crippen LogP contribution >= 0.6 is 11.6 Å². The molecule has 2 N–H and O–H groups in total. The van der Waals surface area contributed by atoms with Crippen LogP contribution in [0.5, 0.6) is 0 Å². The van der Waals surface area contributed by atoms with Crippen LogP contribution in [0.4, 0.5) is 5.69 Å². The van der Waals surface area contributed by atoms with E-state index in [2.05, 4.69) is 10.3 Å². The Bertz CT molecular complexity index is 736. The fourth-order valence-corrected chi connectivity index (χ4v) is 2.96. The number of pyridine rings is 1. The lowest BCUT2D eigenvalue weighted by Crippen LogP contribution is -2.14. The number of alkyl halides is 1. The molecule has 1 aliphatic rings. The quantitative estimate of drug-likeness (QED) is 0.854. The largest absolute Gasteiger partial charge is 0.326 e. The van der Waals surface area contributed by atoms with E-state index in [1.807, 2.05) is 18.2 Å². The predicted octanol–water partition coefficient (Wildman–Crippen LogP) is 2.58. The molecule has 0 aliphatic heterocycles. The van der Waals surface area contributed by atoms with E-state index < -0.39 is 0 Å². The standard InChI is InChI=1S/C15H15ClN2O2/c16-7-6-14(19)17-9-4-5-11-10-2-1-3-12(10)15(20)18-13(11)8-9/h4-5,8H,1-3,6-7H2,(H,17,19)(H,18,20). The van der Waals surface area contributed by atoms with E-state index in [9.17, 15) is 9.59 Å². The monoisotopic (exact) mass is 290 g/mol. The van der Waals surface area contributed by atoms with Crippen molar-refractivity contribution in [1.29, 1.82) is 0 Å². The number of fused-ring (bicyclic) bond motifs is 3. The van der Waals surface area contributed by atoms with Crippen LogP contribution in [0.15, 0.2) is 23.0 Å². The average Bonchev–Trinajstić information content (AvgIpc) is 2.89. The van der Waals surface area contributed by atoms with E-state index in [1.165, 1.54) is 0 Å². The fraction of sp³-hybridized carbons (Fsp3) is 0.333. The van der Waals surface area contributed by atoms with E-state index in [1.54, 1.807) is 0 Å². The highest BCUT2D eigenvalue weighted by molar-refractivity contribution is 6.19. The zero-order valence-corrected chi connectivity index (χ0v) is 11.7. The van der Waals surface area contributed by atoms with Gasteiger partial charge in [0.15, 0.2) is 0 Å². The normalized spacial score (nSPS) is 13.4. The number of nitrogens with one attached hydrogen (secondary N) is 2. The molecular formula is C15H15ClN2O2. The summed E-state index contributed by atoms with van der Waals surface area (Å²) in [4.78, 5) is 26.4. The number of aryl methyl sites for hydroxylation is 1. The van der Waals surface area contributed by atoms with Gasteiger partial charge in [-0.25, -0.2) is 0 Å². The molecule has 0 radical (unpaired) electrons. The highest BCUT2D eigenvalue weighted by Crippen LogP contribution is 2.27. The van der Waals surface area contributed by atoms with Gasteiger partial charge in [0.2, 0.25) is 5.91 Å². The van der Waals surface area contributed by atoms with Crippen LogP contribution in [0.2, 0.25) is 0 Å². The first-order chi connectivity index (χ1) is 9.69. The smallest absolute Gasteiger partial charge is 0.251 e. The van der Waals surface area contributed by atoms with Gasteiger partial charge in [0.1, 0.15) is 0 Å². The second-order valence-corrected chi connectivity index (χ2v) is 5.39. The summed E-state index contributed by atoms with van der Waals surface area (Å²) in [7, 11) is 0. The van der Waals surface area contributed by atoms with Crippen molar-refractivity contribution in [3.8, 4) is 0 Å². The number of hydrogen-bond acceptors (Lipinski definition) is 2. The number of H-pyrrole nitrogens is 1. The molecule has 3 rings (SSSR count). The van der Waals surface area contributed by atoms with Crippen molar-refractivity contribution in [3.63, 3.8) is 0 Å². The minimum atomic E-state index is -0.122. The highest BCUT2D eigenvalue weighted by Gasteiger charge is 2.17. The Morgan fingerprint density at radius 1 is 1.30 bits per heavy atom. The van der Waals surface area contributed by atoms with Crippen molar-refractivity contribution in [1.82, 2.24) is 4.98 Å². The molecule has 0 fully saturated rings. The van der Waals surface area contributed by atoms with Gasteiger partial charge >= 0.3 is 0 Å². The molecule has 0 saturated carbocycles. The maximum absolute atomic E-state index is 12.0. The summed E-state index contributed by atoms with van der Waals surface area (Å²) in [5, 5.41) is 3.85. The lowest BCUT2D eigenvalue weighted by atomic mass is 10.1. The van der Waals surface area contributed by atoms with Crippen LogP contribution in [0.25, 0.3) is 10.9 Å². The first-order valence-corrected chi connectivity index (χ1v) is 7.26. The van der Waals surface area contributed by atoms with Gasteiger partial charge in [-0.2, -0.15) is 0 Å². The minimum absolute atomic E-state index is 0.00534. The molecule has 104 valence electrons. The molecule has 20 heavy (non-hydrogen) atoms. The topological polar surface area (TPSA) is 62.0 Å². The van der Waals surface area contributed by atoms with Crippen LogP contribution in [-0.2, 0) is 17.6 Å². The van der Waals surface area contributed by atoms with Crippen LogP contribution in [0.3, 0.4) is 0 Å². The molecule has 0 bridgehead atoms. The van der Waals surface area contributed by atoms with Crippen molar-refractivity contribution in [3.05, 3.63) is 39.7 Å². The predicted molar refractivity (Wildman–Crippen MR) is 80.6 cm³/mol. The third-order valence-corrected chi connectivity index (χ3v) is 3.88. The Morgan fingerprint density at radius 2 is 2.10 bits per heavy atom. The Labute approximate surface area is 121 Å². The van der Waals surface area contributed by atoms with Gasteiger partial charge < -0.3 is 10.3 Å². The second kappa shape index (κ2) is 5.29. The number of halogens is 1. The molecule has 0 unspecified atom stereocenters. The zero-order valence-electron chi connectivity index (χ0n) is 11.0. The van der Waals surface area contributed by atoms with Crippen LogP contribution in [0.1, 0.15) is 24.0 Å². The molecule has 2 aromatic rings. The number of rotatable bonds is 3. The van der Waals surface area contributed by atoms with Crippen molar-refractivity contribution < 1.29 is 4.79 Å². The molecule has 0 saturated heterocycles. The summed E-state index contributed by atoms with van der Waals surface area (Å²) in [5.41, 5.74) is 3.52. The number of anilines is 1. The first-order valence-electron chi connectivity index (χ1n) is 6.72. The number of benzene rings is 1. The highest BCUT2D eigenvalue weighted by atomic mass is 35.5. The van der Waals surface area contributed by atoms with E-state index in [-0.39, 0.29) is 17.9 Å². The molecule has 0 spiro atoms. The molecular weight excluding hydrogens is 276 g/mol.